The smallest absolute Gasteiger partial charge is 0.258 e. The van der Waals surface area contributed by atoms with Gasteiger partial charge in [-0.3, -0.25) is 0 Å². The first-order chi connectivity index (χ1) is 32.6. The van der Waals surface area contributed by atoms with Gasteiger partial charge in [0.1, 0.15) is 0 Å². The maximum Gasteiger partial charge on any atom is 0.258 e. The summed E-state index contributed by atoms with van der Waals surface area (Å²) in [4.78, 5) is 0. The van der Waals surface area contributed by atoms with Gasteiger partial charge in [0, 0.05) is 22.3 Å². The average molecular weight is 959 g/mol. The molecule has 0 fully saturated rings. The minimum Gasteiger partial charge on any atom is -0.362 e. The molecule has 2 unspecified atom stereocenters. The molecule has 0 saturated heterocycles. The predicted molar refractivity (Wildman–Crippen MR) is 318 cm³/mol. The average Bonchev–Trinajstić information content (AvgIpc) is 3.69. The molecule has 2 atom stereocenters. The zero-order chi connectivity index (χ0) is 52.4. The van der Waals surface area contributed by atoms with Gasteiger partial charge in [0.15, 0.2) is 0 Å². The molecule has 4 heteroatoms. The number of thiophene rings is 1. The Kier molecular flexibility index (Phi) is 20.5. The van der Waals surface area contributed by atoms with E-state index in [-0.39, 0.29) is 28.4 Å². The normalized spacial score (nSPS) is 17.2. The van der Waals surface area contributed by atoms with Crippen LogP contribution in [0, 0.1) is 22.2 Å². The van der Waals surface area contributed by atoms with Crippen molar-refractivity contribution in [3.05, 3.63) is 179 Å². The molecule has 4 rings (SSSR count). The van der Waals surface area contributed by atoms with Crippen LogP contribution < -0.4 is 20.9 Å². The summed E-state index contributed by atoms with van der Waals surface area (Å²) in [5.41, 5.74) is 14.6. The summed E-state index contributed by atoms with van der Waals surface area (Å²) in [5.74, 6) is 1.44. The Bertz CT molecular complexity index is 2450. The largest absolute Gasteiger partial charge is 0.362 e. The van der Waals surface area contributed by atoms with Gasteiger partial charge in [-0.2, -0.15) is 0 Å². The topological polar surface area (TPSA) is 24.1 Å². The molecule has 2 nitrogen and oxygen atoms in total. The highest BCUT2D eigenvalue weighted by Crippen LogP contribution is 2.42. The van der Waals surface area contributed by atoms with E-state index in [4.69, 9.17) is 6.58 Å². The Morgan fingerprint density at radius 3 is 2.01 bits per heavy atom. The molecule has 0 saturated carbocycles. The lowest BCUT2D eigenvalue weighted by Crippen LogP contribution is -2.45. The first-order valence-electron chi connectivity index (χ1n) is 26.7. The second-order valence-corrected chi connectivity index (χ2v) is 25.9. The second-order valence-electron chi connectivity index (χ2n) is 24.8. The van der Waals surface area contributed by atoms with Crippen LogP contribution >= 0.6 is 11.3 Å². The SMILES string of the molecule is C=CCCC(=C)/C(C)=C(/C=C\CC(C)(C)C)N/C=C(B(c1ccc(C(C)(C)CCCC)cc1)c1cc2cc3c(cc2s1)C(C)CCC3C)/C(=C\C(=C)C(C)(C)C)N/C=C/C(=C(\C=C)C(C)C)C(C)(C)C. The van der Waals surface area contributed by atoms with Gasteiger partial charge in [0.25, 0.3) is 6.71 Å². The van der Waals surface area contributed by atoms with Gasteiger partial charge in [-0.1, -0.05) is 191 Å². The molecule has 1 heterocycles. The van der Waals surface area contributed by atoms with Crippen LogP contribution in [0.15, 0.2) is 162 Å². The van der Waals surface area contributed by atoms with Gasteiger partial charge < -0.3 is 10.6 Å². The number of fused-ring (bicyclic) bond motifs is 2. The third kappa shape index (κ3) is 15.7. The van der Waals surface area contributed by atoms with Crippen LogP contribution in [0.1, 0.15) is 198 Å². The van der Waals surface area contributed by atoms with E-state index < -0.39 is 0 Å². The summed E-state index contributed by atoms with van der Waals surface area (Å²) < 4.78 is 2.67. The minimum absolute atomic E-state index is 0.0688. The minimum atomic E-state index is -0.176. The van der Waals surface area contributed by atoms with Crippen molar-refractivity contribution in [1.29, 1.82) is 0 Å². The number of hydrogen-bond donors (Lipinski definition) is 2. The molecule has 0 aliphatic heterocycles. The van der Waals surface area contributed by atoms with E-state index in [0.717, 1.165) is 59.3 Å². The summed E-state index contributed by atoms with van der Waals surface area (Å²) >= 11 is 1.95. The zero-order valence-electron chi connectivity index (χ0n) is 47.4. The molecule has 1 aliphatic rings. The Hall–Kier alpha value is -4.54. The van der Waals surface area contributed by atoms with Crippen molar-refractivity contribution in [3.8, 4) is 0 Å². The van der Waals surface area contributed by atoms with Crippen LogP contribution in [0.25, 0.3) is 10.1 Å². The predicted octanol–water partition coefficient (Wildman–Crippen LogP) is 18.6. The van der Waals surface area contributed by atoms with Crippen molar-refractivity contribution < 1.29 is 0 Å². The monoisotopic (exact) mass is 959 g/mol. The standard InChI is InChI=1S/C66H95BN2S/c1-22-25-28-46(6)50(10)59(29-27-37-63(11,12)13)69-44-58(60(40-49(9)64(14,15)16)68-39-36-57(65(17,18)19)54(24-3)45(4)5)67(53-34-32-52(33-35-53)66(20,21)38-26-23-2)62-42-51-41-55-47(7)30-31-48(8)56(55)43-61(51)70-62/h22,24,27,29,32-36,39-45,47-48,68-69H,1,3,6,9,23,25-26,28,30-31,37-38H2,2,4-5,7-8,10-21H3/b29-27-,39-36+,57-54-,58-44-,59-50-,60-40+. The summed E-state index contributed by atoms with van der Waals surface area (Å²) in [7, 11) is 0. The van der Waals surface area contributed by atoms with E-state index >= 15 is 0 Å². The lowest BCUT2D eigenvalue weighted by atomic mass is 9.38. The summed E-state index contributed by atoms with van der Waals surface area (Å²) in [6.07, 6.45) is 26.3. The van der Waals surface area contributed by atoms with Crippen LogP contribution in [0.3, 0.4) is 0 Å². The van der Waals surface area contributed by atoms with E-state index in [2.05, 4.69) is 227 Å². The molecule has 378 valence electrons. The Morgan fingerprint density at radius 2 is 1.47 bits per heavy atom. The van der Waals surface area contributed by atoms with Crippen molar-refractivity contribution in [1.82, 2.24) is 10.6 Å². The van der Waals surface area contributed by atoms with Crippen LogP contribution in [0.4, 0.5) is 0 Å². The van der Waals surface area contributed by atoms with Gasteiger partial charge in [0.05, 0.1) is 0 Å². The quantitative estimate of drug-likeness (QED) is 0.0596. The highest BCUT2D eigenvalue weighted by molar-refractivity contribution is 7.31. The van der Waals surface area contributed by atoms with Gasteiger partial charge in [-0.05, 0) is 188 Å². The van der Waals surface area contributed by atoms with Crippen molar-refractivity contribution in [2.45, 2.75) is 186 Å². The molecular formula is C66H95BN2S. The third-order valence-electron chi connectivity index (χ3n) is 14.6. The highest BCUT2D eigenvalue weighted by Gasteiger charge is 2.32. The van der Waals surface area contributed by atoms with E-state index in [0.29, 0.717) is 17.8 Å². The lowest BCUT2D eigenvalue weighted by Gasteiger charge is -2.27. The van der Waals surface area contributed by atoms with Crippen LogP contribution in [0.2, 0.25) is 0 Å². The molecule has 3 aromatic rings. The van der Waals surface area contributed by atoms with E-state index in [1.807, 2.05) is 23.5 Å². The number of allylic oxidation sites excluding steroid dienone is 12. The molecule has 0 amide bonds. The van der Waals surface area contributed by atoms with Crippen molar-refractivity contribution in [2.24, 2.45) is 22.2 Å². The van der Waals surface area contributed by atoms with Crippen molar-refractivity contribution in [2.75, 3.05) is 0 Å². The second kappa shape index (κ2) is 24.7. The maximum atomic E-state index is 4.75. The number of unbranched alkanes of at least 4 members (excludes halogenated alkanes) is 1. The third-order valence-corrected chi connectivity index (χ3v) is 15.8. The van der Waals surface area contributed by atoms with Crippen LogP contribution in [-0.4, -0.2) is 6.71 Å². The first-order valence-corrected chi connectivity index (χ1v) is 27.5. The van der Waals surface area contributed by atoms with Gasteiger partial charge in [-0.25, -0.2) is 0 Å². The number of hydrogen-bond acceptors (Lipinski definition) is 3. The highest BCUT2D eigenvalue weighted by atomic mass is 32.1. The summed E-state index contributed by atoms with van der Waals surface area (Å²) in [6, 6.07) is 17.2. The Labute approximate surface area is 434 Å². The molecule has 0 radical (unpaired) electrons. The Morgan fingerprint density at radius 1 is 0.843 bits per heavy atom. The van der Waals surface area contributed by atoms with E-state index in [1.165, 1.54) is 73.8 Å². The van der Waals surface area contributed by atoms with E-state index in [9.17, 15) is 0 Å². The van der Waals surface area contributed by atoms with Crippen LogP contribution in [-0.2, 0) is 5.41 Å². The molecular weight excluding hydrogens is 864 g/mol. The Balaban J connectivity index is 2.19. The maximum absolute atomic E-state index is 4.75. The molecule has 2 N–H and O–H groups in total. The van der Waals surface area contributed by atoms with Gasteiger partial charge >= 0.3 is 0 Å². The molecule has 0 bridgehead atoms. The van der Waals surface area contributed by atoms with Gasteiger partial charge in [-0.15, -0.1) is 17.9 Å². The molecule has 1 aromatic heterocycles. The first kappa shape index (κ1) is 58.0. The number of benzene rings is 2. The molecule has 0 spiro atoms. The van der Waals surface area contributed by atoms with Crippen molar-refractivity contribution >= 4 is 38.4 Å². The fourth-order valence-electron chi connectivity index (χ4n) is 9.52. The summed E-state index contributed by atoms with van der Waals surface area (Å²) in [5, 5.41) is 9.28. The van der Waals surface area contributed by atoms with Gasteiger partial charge in [0.2, 0.25) is 0 Å². The molecule has 2 aromatic carbocycles. The fourth-order valence-corrected chi connectivity index (χ4v) is 10.8. The lowest BCUT2D eigenvalue weighted by molar-refractivity contribution is 0.420. The fraction of sp³-hybridized carbons (Fsp3) is 0.485. The van der Waals surface area contributed by atoms with E-state index in [1.54, 1.807) is 0 Å². The number of rotatable bonds is 22. The summed E-state index contributed by atoms with van der Waals surface area (Å²) in [6.45, 7) is 56.7. The molecule has 1 aliphatic carbocycles. The van der Waals surface area contributed by atoms with Crippen molar-refractivity contribution in [3.63, 3.8) is 0 Å². The molecule has 70 heavy (non-hydrogen) atoms. The zero-order valence-corrected chi connectivity index (χ0v) is 48.2. The van der Waals surface area contributed by atoms with Crippen LogP contribution in [0.5, 0.6) is 0 Å². The number of nitrogens with one attached hydrogen (secondary N) is 2.